The minimum Gasteiger partial charge on any atom is -0.293 e. The average molecular weight is 310 g/mol. The van der Waals surface area contributed by atoms with E-state index < -0.39 is 4.92 Å². The van der Waals surface area contributed by atoms with Crippen molar-refractivity contribution >= 4 is 5.69 Å². The van der Waals surface area contributed by atoms with Crippen LogP contribution in [0.4, 0.5) is 5.69 Å². The number of nitrogens with one attached hydrogen (secondary N) is 1. The maximum absolute atomic E-state index is 12.1. The van der Waals surface area contributed by atoms with Gasteiger partial charge in [-0.2, -0.15) is 0 Å². The Morgan fingerprint density at radius 1 is 1.22 bits per heavy atom. The van der Waals surface area contributed by atoms with Gasteiger partial charge in [0.2, 0.25) is 0 Å². The average Bonchev–Trinajstić information content (AvgIpc) is 2.88. The lowest BCUT2D eigenvalue weighted by molar-refractivity contribution is -0.385. The molecule has 7 nitrogen and oxygen atoms in total. The monoisotopic (exact) mass is 310 g/mol. The summed E-state index contributed by atoms with van der Waals surface area (Å²) in [4.78, 5) is 27.0. The SMILES string of the molecule is Cc1cccc(-n2[nH]c(Cc3ccccc3[N+](=O)[O-])cc2=O)n1. The Kier molecular flexibility index (Phi) is 3.76. The number of nitrogens with zero attached hydrogens (tertiary/aromatic N) is 3. The molecule has 0 fully saturated rings. The van der Waals surface area contributed by atoms with Crippen molar-refractivity contribution in [2.45, 2.75) is 13.3 Å². The van der Waals surface area contributed by atoms with Crippen molar-refractivity contribution in [2.24, 2.45) is 0 Å². The van der Waals surface area contributed by atoms with Gasteiger partial charge in [-0.3, -0.25) is 20.0 Å². The van der Waals surface area contributed by atoms with Crippen LogP contribution in [0.1, 0.15) is 17.0 Å². The van der Waals surface area contributed by atoms with Crippen molar-refractivity contribution < 1.29 is 4.92 Å². The molecule has 3 rings (SSSR count). The maximum Gasteiger partial charge on any atom is 0.272 e. The first kappa shape index (κ1) is 14.7. The van der Waals surface area contributed by atoms with Crippen molar-refractivity contribution in [1.29, 1.82) is 0 Å². The fraction of sp³-hybridized carbons (Fsp3) is 0.125. The number of pyridine rings is 1. The first-order valence-electron chi connectivity index (χ1n) is 7.02. The normalized spacial score (nSPS) is 10.7. The molecule has 0 saturated heterocycles. The number of benzene rings is 1. The standard InChI is InChI=1S/C16H14N4O3/c1-11-5-4-8-15(17-11)19-16(21)10-13(18-19)9-12-6-2-3-7-14(12)20(22)23/h2-8,10,18H,9H2,1H3. The molecular formula is C16H14N4O3. The number of aryl methyl sites for hydroxylation is 1. The van der Waals surface area contributed by atoms with Crippen LogP contribution in [0.2, 0.25) is 0 Å². The summed E-state index contributed by atoms with van der Waals surface area (Å²) in [6.07, 6.45) is 0.269. The van der Waals surface area contributed by atoms with Crippen molar-refractivity contribution in [2.75, 3.05) is 0 Å². The third kappa shape index (κ3) is 3.03. The van der Waals surface area contributed by atoms with Crippen LogP contribution < -0.4 is 5.56 Å². The number of para-hydroxylation sites is 1. The predicted molar refractivity (Wildman–Crippen MR) is 84.8 cm³/mol. The smallest absolute Gasteiger partial charge is 0.272 e. The van der Waals surface area contributed by atoms with Gasteiger partial charge in [0.05, 0.1) is 4.92 Å². The van der Waals surface area contributed by atoms with Gasteiger partial charge in [0, 0.05) is 35.5 Å². The third-order valence-electron chi connectivity index (χ3n) is 3.45. The lowest BCUT2D eigenvalue weighted by Gasteiger charge is -2.03. The molecule has 2 heterocycles. The van der Waals surface area contributed by atoms with Crippen LogP contribution in [0.15, 0.2) is 53.3 Å². The number of nitro benzene ring substituents is 1. The molecule has 23 heavy (non-hydrogen) atoms. The third-order valence-corrected chi connectivity index (χ3v) is 3.45. The first-order chi connectivity index (χ1) is 11.0. The highest BCUT2D eigenvalue weighted by Crippen LogP contribution is 2.20. The van der Waals surface area contributed by atoms with E-state index in [1.807, 2.05) is 19.1 Å². The fourth-order valence-electron chi connectivity index (χ4n) is 2.40. The van der Waals surface area contributed by atoms with E-state index in [2.05, 4.69) is 10.1 Å². The molecule has 0 atom stereocenters. The van der Waals surface area contributed by atoms with Crippen LogP contribution in [0.25, 0.3) is 5.82 Å². The lowest BCUT2D eigenvalue weighted by Crippen LogP contribution is -2.15. The van der Waals surface area contributed by atoms with E-state index in [4.69, 9.17) is 0 Å². The molecule has 0 aliphatic heterocycles. The Morgan fingerprint density at radius 2 is 2.00 bits per heavy atom. The van der Waals surface area contributed by atoms with Gasteiger partial charge in [-0.25, -0.2) is 9.67 Å². The van der Waals surface area contributed by atoms with Crippen LogP contribution in [0.5, 0.6) is 0 Å². The molecule has 1 aromatic carbocycles. The first-order valence-corrected chi connectivity index (χ1v) is 7.02. The largest absolute Gasteiger partial charge is 0.293 e. The zero-order valence-corrected chi connectivity index (χ0v) is 12.4. The van der Waals surface area contributed by atoms with Crippen LogP contribution in [0.3, 0.4) is 0 Å². The maximum atomic E-state index is 12.1. The Bertz CT molecular complexity index is 927. The van der Waals surface area contributed by atoms with Gasteiger partial charge in [0.25, 0.3) is 11.2 Å². The van der Waals surface area contributed by atoms with Gasteiger partial charge in [0.15, 0.2) is 5.82 Å². The number of hydrogen-bond donors (Lipinski definition) is 1. The van der Waals surface area contributed by atoms with Crippen molar-refractivity contribution in [1.82, 2.24) is 14.8 Å². The quantitative estimate of drug-likeness (QED) is 0.591. The van der Waals surface area contributed by atoms with Crippen molar-refractivity contribution in [3.8, 4) is 5.82 Å². The number of aromatic amines is 1. The van der Waals surface area contributed by atoms with E-state index >= 15 is 0 Å². The fourth-order valence-corrected chi connectivity index (χ4v) is 2.40. The summed E-state index contributed by atoms with van der Waals surface area (Å²) in [6.45, 7) is 1.84. The second kappa shape index (κ2) is 5.88. The van der Waals surface area contributed by atoms with Crippen LogP contribution in [-0.2, 0) is 6.42 Å². The van der Waals surface area contributed by atoms with Gasteiger partial charge >= 0.3 is 0 Å². The number of hydrogen-bond acceptors (Lipinski definition) is 4. The molecular weight excluding hydrogens is 296 g/mol. The topological polar surface area (TPSA) is 93.8 Å². The molecule has 0 saturated carbocycles. The van der Waals surface area contributed by atoms with Gasteiger partial charge in [-0.15, -0.1) is 0 Å². The van der Waals surface area contributed by atoms with Gasteiger partial charge in [-0.1, -0.05) is 24.3 Å². The van der Waals surface area contributed by atoms with E-state index in [0.717, 1.165) is 5.69 Å². The highest BCUT2D eigenvalue weighted by molar-refractivity contribution is 5.42. The van der Waals surface area contributed by atoms with E-state index in [1.54, 1.807) is 24.3 Å². The van der Waals surface area contributed by atoms with Gasteiger partial charge < -0.3 is 0 Å². The molecule has 0 aliphatic carbocycles. The molecule has 116 valence electrons. The molecule has 2 aromatic heterocycles. The Balaban J connectivity index is 1.96. The Morgan fingerprint density at radius 3 is 2.74 bits per heavy atom. The van der Waals surface area contributed by atoms with Crippen LogP contribution >= 0.6 is 0 Å². The zero-order chi connectivity index (χ0) is 16.4. The number of nitro groups is 1. The van der Waals surface area contributed by atoms with Gasteiger partial charge in [-0.05, 0) is 19.1 Å². The van der Waals surface area contributed by atoms with E-state index in [0.29, 0.717) is 17.1 Å². The van der Waals surface area contributed by atoms with E-state index in [-0.39, 0.29) is 17.7 Å². The number of rotatable bonds is 4. The Labute approximate surface area is 131 Å². The minimum absolute atomic E-state index is 0.0368. The molecule has 0 amide bonds. The highest BCUT2D eigenvalue weighted by atomic mass is 16.6. The van der Waals surface area contributed by atoms with Crippen molar-refractivity contribution in [3.63, 3.8) is 0 Å². The van der Waals surface area contributed by atoms with Gasteiger partial charge in [0.1, 0.15) is 0 Å². The second-order valence-electron chi connectivity index (χ2n) is 5.15. The molecule has 0 unspecified atom stereocenters. The molecule has 0 spiro atoms. The van der Waals surface area contributed by atoms with Crippen LogP contribution in [-0.4, -0.2) is 19.7 Å². The van der Waals surface area contributed by atoms with Crippen molar-refractivity contribution in [3.05, 3.63) is 86.0 Å². The lowest BCUT2D eigenvalue weighted by atomic mass is 10.1. The minimum atomic E-state index is -0.424. The van der Waals surface area contributed by atoms with Crippen LogP contribution in [0, 0.1) is 17.0 Å². The molecule has 3 aromatic rings. The highest BCUT2D eigenvalue weighted by Gasteiger charge is 2.14. The second-order valence-corrected chi connectivity index (χ2v) is 5.15. The molecule has 0 bridgehead atoms. The molecule has 7 heteroatoms. The van der Waals surface area contributed by atoms with E-state index in [1.165, 1.54) is 16.8 Å². The Hall–Kier alpha value is -3.22. The zero-order valence-electron chi connectivity index (χ0n) is 12.4. The molecule has 0 aliphatic rings. The molecule has 1 N–H and O–H groups in total. The molecule has 0 radical (unpaired) electrons. The summed E-state index contributed by atoms with van der Waals surface area (Å²) in [7, 11) is 0. The van der Waals surface area contributed by atoms with E-state index in [9.17, 15) is 14.9 Å². The summed E-state index contributed by atoms with van der Waals surface area (Å²) < 4.78 is 1.33. The summed E-state index contributed by atoms with van der Waals surface area (Å²) in [5.74, 6) is 0.490. The summed E-state index contributed by atoms with van der Waals surface area (Å²) in [5.41, 5.74) is 1.71. The summed E-state index contributed by atoms with van der Waals surface area (Å²) in [6, 6.07) is 13.3. The predicted octanol–water partition coefficient (Wildman–Crippen LogP) is 2.37. The number of aromatic nitrogens is 3. The summed E-state index contributed by atoms with van der Waals surface area (Å²) in [5, 5.41) is 14.0. The number of H-pyrrole nitrogens is 1. The summed E-state index contributed by atoms with van der Waals surface area (Å²) >= 11 is 0.